The molecule has 0 spiro atoms. The summed E-state index contributed by atoms with van der Waals surface area (Å²) in [5.74, 6) is 0.676. The van der Waals surface area contributed by atoms with Crippen molar-refractivity contribution in [2.45, 2.75) is 70.1 Å². The maximum Gasteiger partial charge on any atom is 0.0619 e. The van der Waals surface area contributed by atoms with Crippen molar-refractivity contribution in [3.8, 4) is 0 Å². The van der Waals surface area contributed by atoms with Gasteiger partial charge in [0.2, 0.25) is 0 Å². The van der Waals surface area contributed by atoms with Crippen LogP contribution in [0.25, 0.3) is 0 Å². The second-order valence-corrected chi connectivity index (χ2v) is 6.44. The minimum atomic E-state index is 0.260. The molecule has 0 amide bonds. The summed E-state index contributed by atoms with van der Waals surface area (Å²) in [7, 11) is 0. The number of halogens is 1. The largest absolute Gasteiger partial charge is 0.117 e. The lowest BCUT2D eigenvalue weighted by Crippen LogP contribution is -2.02. The predicted molar refractivity (Wildman–Crippen MR) is 84.8 cm³/mol. The number of benzene rings is 1. The van der Waals surface area contributed by atoms with Crippen LogP contribution >= 0.6 is 11.6 Å². The number of hydrogen-bond donors (Lipinski definition) is 0. The summed E-state index contributed by atoms with van der Waals surface area (Å²) in [4.78, 5) is 0. The molecule has 0 heterocycles. The van der Waals surface area contributed by atoms with E-state index in [0.29, 0.717) is 5.92 Å². The summed E-state index contributed by atoms with van der Waals surface area (Å²) in [6, 6.07) is 8.70. The summed E-state index contributed by atoms with van der Waals surface area (Å²) < 4.78 is 0. The van der Waals surface area contributed by atoms with E-state index >= 15 is 0 Å². The fourth-order valence-electron chi connectivity index (χ4n) is 3.24. The Hall–Kier alpha value is -0.490. The lowest BCUT2D eigenvalue weighted by molar-refractivity contribution is 0.459. The topological polar surface area (TPSA) is 0 Å². The predicted octanol–water partition coefficient (Wildman–Crippen LogP) is 6.28. The van der Waals surface area contributed by atoms with Crippen LogP contribution in [0.15, 0.2) is 24.3 Å². The molecule has 0 aromatic heterocycles. The lowest BCUT2D eigenvalue weighted by atomic mass is 9.97. The van der Waals surface area contributed by atoms with Crippen LogP contribution in [0.4, 0.5) is 0 Å². The van der Waals surface area contributed by atoms with Gasteiger partial charge in [-0.1, -0.05) is 76.1 Å². The van der Waals surface area contributed by atoms with E-state index in [1.165, 1.54) is 68.9 Å². The van der Waals surface area contributed by atoms with E-state index in [9.17, 15) is 0 Å². The van der Waals surface area contributed by atoms with Crippen molar-refractivity contribution in [3.63, 3.8) is 0 Å². The number of hydrogen-bond acceptors (Lipinski definition) is 0. The maximum absolute atomic E-state index is 6.59. The number of alkyl halides is 1. The molecule has 1 heteroatoms. The third kappa shape index (κ3) is 4.24. The van der Waals surface area contributed by atoms with Gasteiger partial charge in [0, 0.05) is 0 Å². The van der Waals surface area contributed by atoms with Crippen molar-refractivity contribution in [1.29, 1.82) is 0 Å². The lowest BCUT2D eigenvalue weighted by Gasteiger charge is -2.13. The van der Waals surface area contributed by atoms with Gasteiger partial charge in [-0.3, -0.25) is 0 Å². The molecule has 1 aromatic rings. The molecule has 2 atom stereocenters. The summed E-state index contributed by atoms with van der Waals surface area (Å²) in [5, 5.41) is 0.260. The fourth-order valence-corrected chi connectivity index (χ4v) is 3.67. The summed E-state index contributed by atoms with van der Waals surface area (Å²) in [5.41, 5.74) is 2.87. The normalized spacial score (nSPS) is 21.6. The van der Waals surface area contributed by atoms with E-state index in [2.05, 4.69) is 31.2 Å². The molecule has 0 aliphatic heterocycles. The van der Waals surface area contributed by atoms with Crippen molar-refractivity contribution in [3.05, 3.63) is 35.4 Å². The van der Waals surface area contributed by atoms with Crippen LogP contribution in [0.5, 0.6) is 0 Å². The third-order valence-electron chi connectivity index (χ3n) is 4.43. The quantitative estimate of drug-likeness (QED) is 0.388. The van der Waals surface area contributed by atoms with Crippen molar-refractivity contribution >= 4 is 11.6 Å². The zero-order valence-corrected chi connectivity index (χ0v) is 13.0. The highest BCUT2D eigenvalue weighted by Gasteiger charge is 2.29. The molecule has 19 heavy (non-hydrogen) atoms. The van der Waals surface area contributed by atoms with Crippen LogP contribution in [0, 0.1) is 5.92 Å². The standard InChI is InChI=1S/C18H27Cl/c1-2-3-4-5-6-7-8-12-16-14-15-11-9-10-13-17(15)18(16)19/h9-11,13,16,18H,2-8,12,14H2,1H3. The Morgan fingerprint density at radius 1 is 1.00 bits per heavy atom. The van der Waals surface area contributed by atoms with Gasteiger partial charge in [-0.2, -0.15) is 0 Å². The van der Waals surface area contributed by atoms with Gasteiger partial charge in [0.15, 0.2) is 0 Å². The molecule has 0 fully saturated rings. The van der Waals surface area contributed by atoms with Gasteiger partial charge in [-0.15, -0.1) is 11.6 Å². The second kappa shape index (κ2) is 7.94. The van der Waals surface area contributed by atoms with E-state index < -0.39 is 0 Å². The Morgan fingerprint density at radius 3 is 2.42 bits per heavy atom. The average molecular weight is 279 g/mol. The van der Waals surface area contributed by atoms with Crippen LogP contribution in [-0.4, -0.2) is 0 Å². The minimum absolute atomic E-state index is 0.260. The first kappa shape index (κ1) is 14.9. The molecule has 0 N–H and O–H groups in total. The highest BCUT2D eigenvalue weighted by molar-refractivity contribution is 6.21. The Labute approximate surface area is 123 Å². The molecular formula is C18H27Cl. The first-order valence-corrected chi connectivity index (χ1v) is 8.48. The van der Waals surface area contributed by atoms with Crippen molar-refractivity contribution in [2.75, 3.05) is 0 Å². The highest BCUT2D eigenvalue weighted by atomic mass is 35.5. The first-order valence-electron chi connectivity index (χ1n) is 8.04. The van der Waals surface area contributed by atoms with E-state index in [0.717, 1.165) is 0 Å². The van der Waals surface area contributed by atoms with Crippen LogP contribution < -0.4 is 0 Å². The Morgan fingerprint density at radius 2 is 1.68 bits per heavy atom. The fraction of sp³-hybridized carbons (Fsp3) is 0.667. The summed E-state index contributed by atoms with van der Waals surface area (Å²) in [6.07, 6.45) is 12.2. The van der Waals surface area contributed by atoms with Crippen molar-refractivity contribution in [2.24, 2.45) is 5.92 Å². The van der Waals surface area contributed by atoms with E-state index in [1.54, 1.807) is 0 Å². The van der Waals surface area contributed by atoms with Gasteiger partial charge in [-0.05, 0) is 29.9 Å². The first-order chi connectivity index (χ1) is 9.33. The SMILES string of the molecule is CCCCCCCCCC1Cc2ccccc2C1Cl. The van der Waals surface area contributed by atoms with E-state index in [-0.39, 0.29) is 5.38 Å². The van der Waals surface area contributed by atoms with Gasteiger partial charge >= 0.3 is 0 Å². The number of fused-ring (bicyclic) bond motifs is 1. The van der Waals surface area contributed by atoms with Crippen LogP contribution in [-0.2, 0) is 6.42 Å². The number of unbranched alkanes of at least 4 members (excludes halogenated alkanes) is 6. The number of rotatable bonds is 8. The van der Waals surface area contributed by atoms with Gasteiger partial charge < -0.3 is 0 Å². The molecule has 1 aromatic carbocycles. The van der Waals surface area contributed by atoms with E-state index in [4.69, 9.17) is 11.6 Å². The minimum Gasteiger partial charge on any atom is -0.117 e. The second-order valence-electron chi connectivity index (χ2n) is 5.97. The van der Waals surface area contributed by atoms with E-state index in [1.807, 2.05) is 0 Å². The third-order valence-corrected chi connectivity index (χ3v) is 5.02. The molecule has 0 nitrogen and oxygen atoms in total. The molecule has 0 saturated heterocycles. The summed E-state index contributed by atoms with van der Waals surface area (Å²) >= 11 is 6.59. The van der Waals surface area contributed by atoms with Gasteiger partial charge in [0.05, 0.1) is 5.38 Å². The molecule has 106 valence electrons. The van der Waals surface area contributed by atoms with Crippen LogP contribution in [0.3, 0.4) is 0 Å². The molecule has 2 rings (SSSR count). The molecule has 1 aliphatic carbocycles. The Kier molecular flexibility index (Phi) is 6.23. The molecule has 2 unspecified atom stereocenters. The van der Waals surface area contributed by atoms with Crippen molar-refractivity contribution in [1.82, 2.24) is 0 Å². The zero-order chi connectivity index (χ0) is 13.5. The summed E-state index contributed by atoms with van der Waals surface area (Å²) in [6.45, 7) is 2.28. The smallest absolute Gasteiger partial charge is 0.0619 e. The molecule has 0 saturated carbocycles. The van der Waals surface area contributed by atoms with Gasteiger partial charge in [0.1, 0.15) is 0 Å². The van der Waals surface area contributed by atoms with Crippen molar-refractivity contribution < 1.29 is 0 Å². The molecular weight excluding hydrogens is 252 g/mol. The Bertz CT molecular complexity index is 372. The van der Waals surface area contributed by atoms with Crippen LogP contribution in [0.2, 0.25) is 0 Å². The molecule has 0 radical (unpaired) electrons. The molecule has 0 bridgehead atoms. The maximum atomic E-state index is 6.59. The van der Waals surface area contributed by atoms with Gasteiger partial charge in [0.25, 0.3) is 0 Å². The monoisotopic (exact) mass is 278 g/mol. The van der Waals surface area contributed by atoms with Crippen LogP contribution in [0.1, 0.15) is 74.8 Å². The van der Waals surface area contributed by atoms with Gasteiger partial charge in [-0.25, -0.2) is 0 Å². The zero-order valence-electron chi connectivity index (χ0n) is 12.2. The highest BCUT2D eigenvalue weighted by Crippen LogP contribution is 2.42. The average Bonchev–Trinajstić information content (AvgIpc) is 2.75. The Balaban J connectivity index is 1.63. The molecule has 1 aliphatic rings.